The number of fused-ring (bicyclic) bond motifs is 1. The Morgan fingerprint density at radius 3 is 2.61 bits per heavy atom. The van der Waals surface area contributed by atoms with E-state index < -0.39 is 10.0 Å². The van der Waals surface area contributed by atoms with Crippen molar-refractivity contribution in [2.45, 2.75) is 49.6 Å². The molecular weight excluding hydrogens is 527 g/mol. The molecule has 1 fully saturated rings. The van der Waals surface area contributed by atoms with Crippen LogP contribution in [0.3, 0.4) is 0 Å². The minimum absolute atomic E-state index is 0. The van der Waals surface area contributed by atoms with E-state index in [4.69, 9.17) is 10.5 Å². The first-order valence-electron chi connectivity index (χ1n) is 10.4. The summed E-state index contributed by atoms with van der Waals surface area (Å²) < 4.78 is 32.9. The first kappa shape index (κ1) is 24.0. The molecule has 4 N–H and O–H groups in total. The van der Waals surface area contributed by atoms with E-state index in [-0.39, 0.29) is 35.0 Å². The van der Waals surface area contributed by atoms with Gasteiger partial charge in [-0.2, -0.15) is 0 Å². The van der Waals surface area contributed by atoms with Crippen molar-refractivity contribution in [1.29, 1.82) is 0 Å². The van der Waals surface area contributed by atoms with Gasteiger partial charge in [0.05, 0.1) is 17.5 Å². The Morgan fingerprint density at radius 2 is 1.87 bits per heavy atom. The van der Waals surface area contributed by atoms with Crippen LogP contribution < -0.4 is 15.8 Å². The topological polar surface area (TPSA) is 106 Å². The largest absolute Gasteiger partial charge is 0.377 e. The molecule has 0 bridgehead atoms. The highest BCUT2D eigenvalue weighted by Gasteiger charge is 2.20. The van der Waals surface area contributed by atoms with Crippen LogP contribution in [0.4, 0.5) is 5.69 Å². The third kappa shape index (κ3) is 6.41. The SMILES string of the molecule is I.NC(=NCc1ccc(S(=O)(=O)NCC2CCCO2)cc1)Nc1ccc2c(c1)CCC2. The molecule has 1 aliphatic heterocycles. The van der Waals surface area contributed by atoms with Crippen molar-refractivity contribution >= 4 is 45.6 Å². The number of halogens is 1. The summed E-state index contributed by atoms with van der Waals surface area (Å²) in [5.74, 6) is 0.336. The average molecular weight is 556 g/mol. The van der Waals surface area contributed by atoms with Crippen molar-refractivity contribution < 1.29 is 13.2 Å². The van der Waals surface area contributed by atoms with E-state index >= 15 is 0 Å². The van der Waals surface area contributed by atoms with Gasteiger partial charge in [0.15, 0.2) is 5.96 Å². The lowest BCUT2D eigenvalue weighted by Crippen LogP contribution is -2.31. The second-order valence-electron chi connectivity index (χ2n) is 7.79. The van der Waals surface area contributed by atoms with E-state index in [1.54, 1.807) is 24.3 Å². The van der Waals surface area contributed by atoms with Gasteiger partial charge in [0.25, 0.3) is 0 Å². The molecule has 1 heterocycles. The van der Waals surface area contributed by atoms with Crippen LogP contribution >= 0.6 is 24.0 Å². The predicted molar refractivity (Wildman–Crippen MR) is 133 cm³/mol. The van der Waals surface area contributed by atoms with E-state index in [0.717, 1.165) is 36.9 Å². The molecule has 0 amide bonds. The van der Waals surface area contributed by atoms with Gasteiger partial charge in [-0.05, 0) is 73.1 Å². The standard InChI is InChI=1S/C22H28N4O3S.HI/c23-22(26-19-9-8-17-3-1-4-18(17)13-19)24-14-16-6-10-21(11-7-16)30(27,28)25-15-20-5-2-12-29-20;/h6-11,13,20,25H,1-5,12,14-15H2,(H3,23,24,26);1H. The van der Waals surface area contributed by atoms with Crippen LogP contribution in [0, 0.1) is 0 Å². The number of nitrogens with two attached hydrogens (primary N) is 1. The van der Waals surface area contributed by atoms with Gasteiger partial charge in [-0.15, -0.1) is 24.0 Å². The second-order valence-corrected chi connectivity index (χ2v) is 9.56. The van der Waals surface area contributed by atoms with Crippen molar-refractivity contribution in [3.05, 3.63) is 59.2 Å². The lowest BCUT2D eigenvalue weighted by Gasteiger charge is -2.11. The lowest BCUT2D eigenvalue weighted by atomic mass is 10.1. The number of nitrogens with zero attached hydrogens (tertiary/aromatic N) is 1. The number of guanidine groups is 1. The molecule has 1 unspecified atom stereocenters. The fourth-order valence-electron chi connectivity index (χ4n) is 3.88. The maximum Gasteiger partial charge on any atom is 0.240 e. The molecule has 1 aliphatic carbocycles. The molecule has 0 saturated carbocycles. The van der Waals surface area contributed by atoms with Crippen molar-refractivity contribution in [2.75, 3.05) is 18.5 Å². The number of aliphatic imine (C=N–C) groups is 1. The minimum Gasteiger partial charge on any atom is -0.377 e. The normalized spacial score (nSPS) is 18.5. The molecule has 31 heavy (non-hydrogen) atoms. The van der Waals surface area contributed by atoms with Crippen LogP contribution in [0.5, 0.6) is 0 Å². The summed E-state index contributed by atoms with van der Waals surface area (Å²) in [6.45, 7) is 1.37. The quantitative estimate of drug-likeness (QED) is 0.276. The first-order valence-corrected chi connectivity index (χ1v) is 11.9. The second kappa shape index (κ2) is 10.8. The van der Waals surface area contributed by atoms with Crippen molar-refractivity contribution in [3.63, 3.8) is 0 Å². The minimum atomic E-state index is -3.54. The van der Waals surface area contributed by atoms with E-state index in [9.17, 15) is 8.42 Å². The number of sulfonamides is 1. The van der Waals surface area contributed by atoms with Gasteiger partial charge in [-0.3, -0.25) is 0 Å². The van der Waals surface area contributed by atoms with Gasteiger partial charge in [0, 0.05) is 18.8 Å². The van der Waals surface area contributed by atoms with Crippen LogP contribution in [-0.4, -0.2) is 33.6 Å². The summed E-state index contributed by atoms with van der Waals surface area (Å²) in [7, 11) is -3.54. The zero-order valence-corrected chi connectivity index (χ0v) is 20.5. The van der Waals surface area contributed by atoms with E-state index in [0.29, 0.717) is 25.7 Å². The van der Waals surface area contributed by atoms with Gasteiger partial charge in [0.1, 0.15) is 0 Å². The number of rotatable bonds is 7. The van der Waals surface area contributed by atoms with Gasteiger partial charge in [0.2, 0.25) is 10.0 Å². The molecule has 168 valence electrons. The lowest BCUT2D eigenvalue weighted by molar-refractivity contribution is 0.114. The Morgan fingerprint density at radius 1 is 1.10 bits per heavy atom. The number of benzene rings is 2. The number of hydrogen-bond donors (Lipinski definition) is 3. The molecule has 0 aromatic heterocycles. The molecule has 2 aromatic rings. The van der Waals surface area contributed by atoms with Crippen LogP contribution in [0.2, 0.25) is 0 Å². The molecule has 1 saturated heterocycles. The summed E-state index contributed by atoms with van der Waals surface area (Å²) >= 11 is 0. The molecule has 2 aliphatic rings. The number of ether oxygens (including phenoxy) is 1. The molecule has 7 nitrogen and oxygen atoms in total. The summed E-state index contributed by atoms with van der Waals surface area (Å²) in [4.78, 5) is 4.60. The summed E-state index contributed by atoms with van der Waals surface area (Å²) in [6.07, 6.45) is 5.30. The summed E-state index contributed by atoms with van der Waals surface area (Å²) in [5, 5.41) is 3.13. The Labute approximate surface area is 200 Å². The highest BCUT2D eigenvalue weighted by atomic mass is 127. The third-order valence-electron chi connectivity index (χ3n) is 5.56. The fourth-order valence-corrected chi connectivity index (χ4v) is 4.95. The van der Waals surface area contributed by atoms with Gasteiger partial charge < -0.3 is 15.8 Å². The van der Waals surface area contributed by atoms with E-state index in [1.807, 2.05) is 6.07 Å². The molecule has 0 spiro atoms. The van der Waals surface area contributed by atoms with Crippen LogP contribution in [0.25, 0.3) is 0 Å². The Balaban J connectivity index is 0.00000272. The molecule has 0 radical (unpaired) electrons. The summed E-state index contributed by atoms with van der Waals surface area (Å²) in [5.41, 5.74) is 10.6. The van der Waals surface area contributed by atoms with Gasteiger partial charge >= 0.3 is 0 Å². The van der Waals surface area contributed by atoms with Crippen molar-refractivity contribution in [2.24, 2.45) is 10.7 Å². The highest BCUT2D eigenvalue weighted by Crippen LogP contribution is 2.24. The average Bonchev–Trinajstić information content (AvgIpc) is 3.42. The fraction of sp³-hybridized carbons (Fsp3) is 0.409. The first-order chi connectivity index (χ1) is 14.5. The maximum atomic E-state index is 12.4. The van der Waals surface area contributed by atoms with Crippen molar-refractivity contribution in [1.82, 2.24) is 4.72 Å². The van der Waals surface area contributed by atoms with E-state index in [2.05, 4.69) is 27.2 Å². The van der Waals surface area contributed by atoms with Gasteiger partial charge in [-0.25, -0.2) is 18.1 Å². The Bertz CT molecular complexity index is 1020. The van der Waals surface area contributed by atoms with Gasteiger partial charge in [-0.1, -0.05) is 18.2 Å². The Kier molecular flexibility index (Phi) is 8.31. The summed E-state index contributed by atoms with van der Waals surface area (Å²) in [6, 6.07) is 13.0. The predicted octanol–water partition coefficient (Wildman–Crippen LogP) is 3.18. The van der Waals surface area contributed by atoms with E-state index in [1.165, 1.54) is 17.5 Å². The number of aryl methyl sites for hydroxylation is 2. The Hall–Kier alpha value is -1.69. The zero-order chi connectivity index (χ0) is 21.0. The number of hydrogen-bond acceptors (Lipinski definition) is 4. The highest BCUT2D eigenvalue weighted by molar-refractivity contribution is 14.0. The number of anilines is 1. The van der Waals surface area contributed by atoms with Crippen LogP contribution in [-0.2, 0) is 34.1 Å². The van der Waals surface area contributed by atoms with Crippen molar-refractivity contribution in [3.8, 4) is 0 Å². The molecule has 1 atom stereocenters. The zero-order valence-electron chi connectivity index (χ0n) is 17.3. The maximum absolute atomic E-state index is 12.4. The third-order valence-corrected chi connectivity index (χ3v) is 7.00. The molecular formula is C22H29IN4O3S. The van der Waals surface area contributed by atoms with Crippen LogP contribution in [0.1, 0.15) is 36.0 Å². The molecule has 9 heteroatoms. The number of nitrogens with one attached hydrogen (secondary N) is 2. The van der Waals surface area contributed by atoms with Crippen LogP contribution in [0.15, 0.2) is 52.4 Å². The molecule has 2 aromatic carbocycles. The smallest absolute Gasteiger partial charge is 0.240 e. The molecule has 4 rings (SSSR count). The monoisotopic (exact) mass is 556 g/mol.